The molecule has 1 aliphatic carbocycles. The average molecular weight is 538 g/mol. The van der Waals surface area contributed by atoms with E-state index in [-0.39, 0.29) is 16.1 Å². The molecule has 0 bridgehead atoms. The van der Waals surface area contributed by atoms with Gasteiger partial charge in [0.2, 0.25) is 0 Å². The van der Waals surface area contributed by atoms with Crippen LogP contribution in [0.4, 0.5) is 13.2 Å². The van der Waals surface area contributed by atoms with Gasteiger partial charge in [0.25, 0.3) is 0 Å². The monoisotopic (exact) mass is 537 g/mol. The third kappa shape index (κ3) is 7.91. The van der Waals surface area contributed by atoms with Gasteiger partial charge in [-0.15, -0.1) is 24.4 Å². The second kappa shape index (κ2) is 12.4. The van der Waals surface area contributed by atoms with Crippen LogP contribution in [-0.2, 0) is 6.18 Å². The smallest absolute Gasteiger partial charge is 0.416 e. The Labute approximate surface area is 216 Å². The molecule has 1 fully saturated rings. The van der Waals surface area contributed by atoms with Gasteiger partial charge in [0.15, 0.2) is 11.5 Å². The summed E-state index contributed by atoms with van der Waals surface area (Å²) >= 11 is 0.939. The Hall–Kier alpha value is -3.15. The van der Waals surface area contributed by atoms with Crippen LogP contribution >= 0.6 is 11.3 Å². The molecule has 11 heteroatoms. The fraction of sp³-hybridized carbons (Fsp3) is 0.385. The first-order valence-corrected chi connectivity index (χ1v) is 12.3. The highest BCUT2D eigenvalue weighted by molar-refractivity contribution is 7.14. The molecule has 0 amide bonds. The fourth-order valence-corrected chi connectivity index (χ4v) is 4.24. The molecule has 1 unspecified atom stereocenters. The molecule has 1 aliphatic rings. The Balaban J connectivity index is 0.000000206. The highest BCUT2D eigenvalue weighted by Gasteiger charge is 2.31. The number of hydrogen-bond donors (Lipinski definition) is 2. The van der Waals surface area contributed by atoms with Gasteiger partial charge in [0, 0.05) is 5.56 Å². The summed E-state index contributed by atoms with van der Waals surface area (Å²) in [4.78, 5) is 15.0. The topological polar surface area (TPSA) is 103 Å². The highest BCUT2D eigenvalue weighted by atomic mass is 32.1. The summed E-state index contributed by atoms with van der Waals surface area (Å²) in [6, 6.07) is 9.94. The van der Waals surface area contributed by atoms with Gasteiger partial charge in [-0.25, -0.2) is 9.78 Å². The number of aromatic nitrogens is 1. The summed E-state index contributed by atoms with van der Waals surface area (Å²) in [6.45, 7) is 2.94. The Bertz CT molecular complexity index is 1210. The van der Waals surface area contributed by atoms with Gasteiger partial charge in [0.1, 0.15) is 4.88 Å². The number of alkyl halides is 3. The van der Waals surface area contributed by atoms with Gasteiger partial charge >= 0.3 is 12.1 Å². The number of aliphatic hydroxyl groups excluding tert-OH is 1. The molecule has 2 N–H and O–H groups in total. The molecule has 1 heterocycles. The molecule has 4 rings (SSSR count). The van der Waals surface area contributed by atoms with Crippen molar-refractivity contribution >= 4 is 17.3 Å². The lowest BCUT2D eigenvalue weighted by Crippen LogP contribution is -2.05. The third-order valence-corrected chi connectivity index (χ3v) is 6.53. The van der Waals surface area contributed by atoms with Crippen molar-refractivity contribution in [1.29, 1.82) is 0 Å². The van der Waals surface area contributed by atoms with E-state index in [1.807, 2.05) is 6.07 Å². The quantitative estimate of drug-likeness (QED) is 0.329. The second-order valence-electron chi connectivity index (χ2n) is 8.46. The summed E-state index contributed by atoms with van der Waals surface area (Å²) in [7, 11) is 3.18. The van der Waals surface area contributed by atoms with E-state index in [1.54, 1.807) is 33.3 Å². The number of benzene rings is 2. The number of carboxylic acids is 1. The van der Waals surface area contributed by atoms with Crippen molar-refractivity contribution in [2.75, 3.05) is 27.3 Å². The summed E-state index contributed by atoms with van der Waals surface area (Å²) in [5.41, 5.74) is 0.205. The number of halogens is 3. The normalized spacial score (nSPS) is 13.9. The largest absolute Gasteiger partial charge is 0.660 e. The van der Waals surface area contributed by atoms with E-state index < -0.39 is 23.8 Å². The number of carbonyl (C=O) groups is 1. The minimum Gasteiger partial charge on any atom is -0.660 e. The van der Waals surface area contributed by atoms with Crippen LogP contribution in [0.3, 0.4) is 0 Å². The van der Waals surface area contributed by atoms with Gasteiger partial charge in [-0.05, 0) is 36.8 Å². The van der Waals surface area contributed by atoms with Gasteiger partial charge in [-0.3, -0.25) is 0 Å². The maximum absolute atomic E-state index is 12.6. The van der Waals surface area contributed by atoms with Gasteiger partial charge < -0.3 is 25.0 Å². The van der Waals surface area contributed by atoms with Gasteiger partial charge in [0.05, 0.1) is 36.6 Å². The number of aliphatic hydroxyl groups is 1. The predicted octanol–water partition coefficient (Wildman–Crippen LogP) is 6.36. The maximum Gasteiger partial charge on any atom is 0.416 e. The number of thiazole rings is 1. The second-order valence-corrected chi connectivity index (χ2v) is 9.66. The van der Waals surface area contributed by atoms with Crippen LogP contribution in [0, 0.1) is 12.8 Å². The number of hydrogen-bond acceptors (Lipinski definition) is 6. The molecule has 1 atom stereocenters. The molecule has 1 aromatic heterocycles. The average Bonchev–Trinajstić information content (AvgIpc) is 3.61. The van der Waals surface area contributed by atoms with Gasteiger partial charge in [-0.1, -0.05) is 37.0 Å². The van der Waals surface area contributed by atoms with Crippen LogP contribution < -0.4 is 9.47 Å². The number of carboxylic acid groups (broad SMARTS) is 1. The van der Waals surface area contributed by atoms with Crippen LogP contribution in [-0.4, -0.2) is 48.5 Å². The zero-order valence-electron chi connectivity index (χ0n) is 20.6. The molecule has 1 saturated carbocycles. The number of methoxy groups -OCH3 is 2. The number of rotatable bonds is 9. The molecule has 0 radical (unpaired) electrons. The van der Waals surface area contributed by atoms with Crippen LogP contribution in [0.25, 0.3) is 16.6 Å². The van der Waals surface area contributed by atoms with Crippen molar-refractivity contribution in [3.8, 4) is 22.8 Å². The van der Waals surface area contributed by atoms with Crippen molar-refractivity contribution in [3.05, 3.63) is 68.8 Å². The van der Waals surface area contributed by atoms with Crippen molar-refractivity contribution in [1.82, 2.24) is 4.98 Å². The molecule has 0 aliphatic heterocycles. The zero-order valence-corrected chi connectivity index (χ0v) is 21.4. The number of nitrogens with zero attached hydrogens (tertiary/aromatic N) is 2. The molecule has 37 heavy (non-hydrogen) atoms. The summed E-state index contributed by atoms with van der Waals surface area (Å²) < 4.78 is 48.2. The van der Waals surface area contributed by atoms with E-state index in [4.69, 9.17) is 14.6 Å². The van der Waals surface area contributed by atoms with E-state index >= 15 is 0 Å². The van der Waals surface area contributed by atoms with Crippen molar-refractivity contribution < 1.29 is 37.7 Å². The molecular weight excluding hydrogens is 509 g/mol. The minimum atomic E-state index is -4.47. The van der Waals surface area contributed by atoms with Crippen LogP contribution in [0.1, 0.15) is 44.8 Å². The number of aryl methyl sites for hydroxylation is 1. The van der Waals surface area contributed by atoms with E-state index in [1.165, 1.54) is 25.0 Å². The molecule has 0 saturated heterocycles. The molecule has 0 spiro atoms. The summed E-state index contributed by atoms with van der Waals surface area (Å²) in [5, 5.41) is 23.9. The third-order valence-electron chi connectivity index (χ3n) is 5.57. The van der Waals surface area contributed by atoms with Gasteiger partial charge in [-0.2, -0.15) is 13.2 Å². The Morgan fingerprint density at radius 3 is 2.46 bits per heavy atom. The fourth-order valence-electron chi connectivity index (χ4n) is 3.46. The van der Waals surface area contributed by atoms with Crippen LogP contribution in [0.2, 0.25) is 0 Å². The lowest BCUT2D eigenvalue weighted by Gasteiger charge is -2.23. The molecule has 3 aromatic rings. The Morgan fingerprint density at radius 2 is 1.86 bits per heavy atom. The van der Waals surface area contributed by atoms with Crippen molar-refractivity contribution in [2.45, 2.75) is 32.0 Å². The lowest BCUT2D eigenvalue weighted by molar-refractivity contribution is -0.137. The first-order chi connectivity index (χ1) is 17.5. The Kier molecular flexibility index (Phi) is 9.52. The molecule has 2 aromatic carbocycles. The van der Waals surface area contributed by atoms with Crippen molar-refractivity contribution in [3.63, 3.8) is 0 Å². The molecule has 200 valence electrons. The number of ether oxygens (including phenoxy) is 2. The standard InChI is InChI=1S/C14H20NO3.C12H8F3NO2S/c1-17-13-6-5-11(7-14(13)18-2)12(16)9-15-8-10-3-4-10;1-6-16-9(10(19-6)11(17)18)7-3-2-4-8(5-7)12(13,14)15/h5-7,10,12,16H,3-4,8-9H2,1-2H3;2-5H,1H3,(H,17,18)/q-1;. The summed E-state index contributed by atoms with van der Waals surface area (Å²) in [6.07, 6.45) is -2.46. The van der Waals surface area contributed by atoms with E-state index in [9.17, 15) is 23.1 Å². The van der Waals surface area contributed by atoms with Crippen LogP contribution in [0.15, 0.2) is 42.5 Å². The van der Waals surface area contributed by atoms with Crippen molar-refractivity contribution in [2.24, 2.45) is 5.92 Å². The first-order valence-electron chi connectivity index (χ1n) is 11.4. The minimum absolute atomic E-state index is 0.0585. The first kappa shape index (κ1) is 28.4. The molecule has 7 nitrogen and oxygen atoms in total. The Morgan fingerprint density at radius 1 is 1.16 bits per heavy atom. The number of aromatic carboxylic acids is 1. The lowest BCUT2D eigenvalue weighted by atomic mass is 10.1. The zero-order chi connectivity index (χ0) is 27.2. The highest BCUT2D eigenvalue weighted by Crippen LogP contribution is 2.35. The predicted molar refractivity (Wildman–Crippen MR) is 135 cm³/mol. The van der Waals surface area contributed by atoms with E-state index in [0.717, 1.165) is 41.5 Å². The maximum atomic E-state index is 12.6. The SMILES string of the molecule is COc1ccc(C(O)C[N-]CC2CC2)cc1OC.Cc1nc(-c2cccc(C(F)(F)F)c2)c(C(=O)O)s1. The van der Waals surface area contributed by atoms with E-state index in [2.05, 4.69) is 10.3 Å². The molecular formula is C26H28F3N2O5S-. The van der Waals surface area contributed by atoms with Crippen LogP contribution in [0.5, 0.6) is 11.5 Å². The van der Waals surface area contributed by atoms with E-state index in [0.29, 0.717) is 23.1 Å². The summed E-state index contributed by atoms with van der Waals surface area (Å²) in [5.74, 6) is 0.875.